The minimum absolute atomic E-state index is 0.108. The van der Waals surface area contributed by atoms with E-state index in [9.17, 15) is 14.8 Å². The molecule has 1 fully saturated rings. The van der Waals surface area contributed by atoms with Crippen molar-refractivity contribution in [3.8, 4) is 0 Å². The van der Waals surface area contributed by atoms with Gasteiger partial charge in [-0.1, -0.05) is 23.4 Å². The van der Waals surface area contributed by atoms with Crippen molar-refractivity contribution in [1.82, 2.24) is 19.5 Å². The van der Waals surface area contributed by atoms with E-state index in [1.807, 2.05) is 0 Å². The molecule has 0 unspecified atom stereocenters. The van der Waals surface area contributed by atoms with Crippen LogP contribution in [0.15, 0.2) is 40.6 Å². The highest BCUT2D eigenvalue weighted by Gasteiger charge is 2.46. The van der Waals surface area contributed by atoms with Crippen LogP contribution in [0.2, 0.25) is 5.02 Å². The maximum Gasteiger partial charge on any atom is 0.469 e. The van der Waals surface area contributed by atoms with Crippen LogP contribution in [0, 0.1) is 0 Å². The number of nitrogens with zero attached hydrogens (tertiary/aromatic N) is 4. The first kappa shape index (κ1) is 22.4. The number of aliphatic hydroxyl groups excluding tert-OH is 2. The standard InChI is InChI=1S/C16H17ClN5O7PS/c17-7-1-3-8(4-2-7)31-16-21-10-13(18)19-6-20-14(10)22(16)15-12(24)11(23)9(29-15)5-28-30(25,26)27/h1-4,6,9,11-12,15,23-24H,5H2,(H2,18,19,20)(H2,25,26,27)/t9-,11-,12-,15-/m1/s1. The van der Waals surface area contributed by atoms with E-state index in [0.29, 0.717) is 10.2 Å². The van der Waals surface area contributed by atoms with Gasteiger partial charge in [-0.15, -0.1) is 0 Å². The maximum atomic E-state index is 11.0. The molecule has 0 amide bonds. The maximum absolute atomic E-state index is 11.0. The van der Waals surface area contributed by atoms with Gasteiger partial charge in [0.25, 0.3) is 0 Å². The molecule has 3 heterocycles. The van der Waals surface area contributed by atoms with Crippen LogP contribution in [0.5, 0.6) is 0 Å². The van der Waals surface area contributed by atoms with Gasteiger partial charge in [0.2, 0.25) is 0 Å². The molecule has 31 heavy (non-hydrogen) atoms. The molecule has 0 aliphatic carbocycles. The fourth-order valence-corrected chi connectivity index (χ4v) is 4.44. The van der Waals surface area contributed by atoms with Crippen molar-refractivity contribution in [1.29, 1.82) is 0 Å². The number of rotatable bonds is 6. The number of hydrogen-bond acceptors (Lipinski definition) is 10. The normalized spacial score (nSPS) is 24.2. The van der Waals surface area contributed by atoms with E-state index < -0.39 is 39.0 Å². The lowest BCUT2D eigenvalue weighted by Gasteiger charge is -2.19. The first-order chi connectivity index (χ1) is 14.6. The Labute approximate surface area is 184 Å². The van der Waals surface area contributed by atoms with Gasteiger partial charge >= 0.3 is 7.82 Å². The Hall–Kier alpha value is -1.80. The summed E-state index contributed by atoms with van der Waals surface area (Å²) in [7, 11) is -4.79. The van der Waals surface area contributed by atoms with Crippen LogP contribution in [0.25, 0.3) is 11.2 Å². The van der Waals surface area contributed by atoms with Crippen LogP contribution in [-0.2, 0) is 13.8 Å². The molecule has 4 atom stereocenters. The molecule has 0 bridgehead atoms. The minimum atomic E-state index is -4.79. The number of nitrogen functional groups attached to an aromatic ring is 1. The summed E-state index contributed by atoms with van der Waals surface area (Å²) in [5.74, 6) is 0.108. The summed E-state index contributed by atoms with van der Waals surface area (Å²) in [6.07, 6.45) is -4.13. The lowest BCUT2D eigenvalue weighted by atomic mass is 10.1. The highest BCUT2D eigenvalue weighted by molar-refractivity contribution is 7.99. The third-order valence-electron chi connectivity index (χ3n) is 4.49. The predicted molar refractivity (Wildman–Crippen MR) is 109 cm³/mol. The molecule has 6 N–H and O–H groups in total. The monoisotopic (exact) mass is 489 g/mol. The summed E-state index contributed by atoms with van der Waals surface area (Å²) in [6, 6.07) is 6.93. The van der Waals surface area contributed by atoms with Gasteiger partial charge in [-0.05, 0) is 24.3 Å². The van der Waals surface area contributed by atoms with Gasteiger partial charge in [-0.2, -0.15) is 0 Å². The quantitative estimate of drug-likeness (QED) is 0.309. The first-order valence-electron chi connectivity index (χ1n) is 8.77. The van der Waals surface area contributed by atoms with Crippen LogP contribution in [0.3, 0.4) is 0 Å². The van der Waals surface area contributed by atoms with Crippen LogP contribution >= 0.6 is 31.2 Å². The van der Waals surface area contributed by atoms with Crippen molar-refractivity contribution >= 4 is 48.2 Å². The van der Waals surface area contributed by atoms with Gasteiger partial charge in [0.15, 0.2) is 28.4 Å². The van der Waals surface area contributed by atoms with E-state index in [1.165, 1.54) is 22.7 Å². The number of imidazole rings is 1. The molecule has 0 saturated carbocycles. The molecule has 0 spiro atoms. The third kappa shape index (κ3) is 4.70. The van der Waals surface area contributed by atoms with Gasteiger partial charge in [-0.25, -0.2) is 19.5 Å². The number of halogens is 1. The summed E-state index contributed by atoms with van der Waals surface area (Å²) >= 11 is 7.14. The van der Waals surface area contributed by atoms with Crippen molar-refractivity contribution < 1.29 is 33.8 Å². The Morgan fingerprint density at radius 3 is 2.61 bits per heavy atom. The lowest BCUT2D eigenvalue weighted by molar-refractivity contribution is -0.0541. The average Bonchev–Trinajstić information content (AvgIpc) is 3.20. The van der Waals surface area contributed by atoms with Crippen LogP contribution in [0.1, 0.15) is 6.23 Å². The number of fused-ring (bicyclic) bond motifs is 1. The van der Waals surface area contributed by atoms with Crippen LogP contribution in [-0.4, -0.2) is 64.4 Å². The van der Waals surface area contributed by atoms with Crippen molar-refractivity contribution in [2.75, 3.05) is 12.3 Å². The van der Waals surface area contributed by atoms with Crippen molar-refractivity contribution in [2.45, 2.75) is 34.6 Å². The zero-order chi connectivity index (χ0) is 22.3. The minimum Gasteiger partial charge on any atom is -0.387 e. The van der Waals surface area contributed by atoms with Gasteiger partial charge < -0.3 is 30.5 Å². The van der Waals surface area contributed by atoms with Crippen LogP contribution < -0.4 is 5.73 Å². The molecule has 3 aromatic rings. The van der Waals surface area contributed by atoms with Gasteiger partial charge in [-0.3, -0.25) is 9.09 Å². The number of aliphatic hydroxyl groups is 2. The number of anilines is 1. The summed E-state index contributed by atoms with van der Waals surface area (Å²) < 4.78 is 22.6. The molecule has 1 aromatic carbocycles. The SMILES string of the molecule is Nc1ncnc2c1nc(Sc1ccc(Cl)cc1)n2[C@@H]1O[C@H](COP(=O)(O)O)[C@@H](O)[C@H]1O. The van der Waals surface area contributed by atoms with E-state index in [4.69, 9.17) is 31.9 Å². The lowest BCUT2D eigenvalue weighted by Crippen LogP contribution is -2.33. The largest absolute Gasteiger partial charge is 0.469 e. The number of phosphoric ester groups is 1. The van der Waals surface area contributed by atoms with Crippen molar-refractivity contribution in [3.63, 3.8) is 0 Å². The molecule has 166 valence electrons. The molecular formula is C16H17ClN5O7PS. The molecule has 4 rings (SSSR count). The predicted octanol–water partition coefficient (Wildman–Crippen LogP) is 0.942. The molecule has 15 heteroatoms. The summed E-state index contributed by atoms with van der Waals surface area (Å²) in [5, 5.41) is 21.8. The summed E-state index contributed by atoms with van der Waals surface area (Å²) in [5.41, 5.74) is 6.43. The van der Waals surface area contributed by atoms with Crippen molar-refractivity contribution in [3.05, 3.63) is 35.6 Å². The fraction of sp³-hybridized carbons (Fsp3) is 0.312. The number of benzene rings is 1. The number of hydrogen-bond donors (Lipinski definition) is 5. The number of aromatic nitrogens is 4. The Bertz CT molecular complexity index is 1140. The Morgan fingerprint density at radius 2 is 1.94 bits per heavy atom. The second kappa shape index (κ2) is 8.62. The molecule has 1 aliphatic heterocycles. The van der Waals surface area contributed by atoms with E-state index in [1.54, 1.807) is 24.3 Å². The highest BCUT2D eigenvalue weighted by Crippen LogP contribution is 2.41. The van der Waals surface area contributed by atoms with Crippen LogP contribution in [0.4, 0.5) is 5.82 Å². The number of ether oxygens (including phenoxy) is 1. The molecule has 1 aliphatic rings. The zero-order valence-corrected chi connectivity index (χ0v) is 18.0. The molecule has 2 aromatic heterocycles. The van der Waals surface area contributed by atoms with Gasteiger partial charge in [0, 0.05) is 9.92 Å². The molecule has 0 radical (unpaired) electrons. The van der Waals surface area contributed by atoms with E-state index in [2.05, 4.69) is 19.5 Å². The van der Waals surface area contributed by atoms with Crippen molar-refractivity contribution in [2.24, 2.45) is 0 Å². The second-order valence-electron chi connectivity index (χ2n) is 6.58. The number of phosphoric acid groups is 1. The van der Waals surface area contributed by atoms with E-state index in [0.717, 1.165) is 4.90 Å². The summed E-state index contributed by atoms with van der Waals surface area (Å²) in [4.78, 5) is 31.1. The fourth-order valence-electron chi connectivity index (χ4n) is 3.07. The highest BCUT2D eigenvalue weighted by atomic mass is 35.5. The van der Waals surface area contributed by atoms with E-state index in [-0.39, 0.29) is 17.0 Å². The second-order valence-corrected chi connectivity index (χ2v) is 9.30. The molecule has 12 nitrogen and oxygen atoms in total. The molecular weight excluding hydrogens is 473 g/mol. The summed E-state index contributed by atoms with van der Waals surface area (Å²) in [6.45, 7) is -0.636. The topological polar surface area (TPSA) is 186 Å². The third-order valence-corrected chi connectivity index (χ3v) is 6.21. The Kier molecular flexibility index (Phi) is 6.23. The van der Waals surface area contributed by atoms with Gasteiger partial charge in [0.05, 0.1) is 6.61 Å². The molecule has 1 saturated heterocycles. The van der Waals surface area contributed by atoms with Gasteiger partial charge in [0.1, 0.15) is 24.6 Å². The van der Waals surface area contributed by atoms with E-state index >= 15 is 0 Å². The Balaban J connectivity index is 1.72. The average molecular weight is 490 g/mol. The Morgan fingerprint density at radius 1 is 1.23 bits per heavy atom. The first-order valence-corrected chi connectivity index (χ1v) is 11.5. The smallest absolute Gasteiger partial charge is 0.387 e. The number of nitrogens with two attached hydrogens (primary N) is 1. The zero-order valence-electron chi connectivity index (χ0n) is 15.5.